The molecule has 2 aliphatic heterocycles. The first kappa shape index (κ1) is 23.3. The number of halogens is 3. The summed E-state index contributed by atoms with van der Waals surface area (Å²) >= 11 is 8.14. The van der Waals surface area contributed by atoms with Gasteiger partial charge < -0.3 is 14.7 Å². The molecule has 1 saturated carbocycles. The highest BCUT2D eigenvalue weighted by molar-refractivity contribution is 8.26. The molecule has 0 radical (unpaired) electrons. The van der Waals surface area contributed by atoms with Crippen molar-refractivity contribution in [3.8, 4) is 0 Å². The lowest BCUT2D eigenvalue weighted by Crippen LogP contribution is -2.28. The normalized spacial score (nSPS) is 23.8. The van der Waals surface area contributed by atoms with Gasteiger partial charge in [0.1, 0.15) is 21.3 Å². The second-order valence-corrected chi connectivity index (χ2v) is 11.1. The Labute approximate surface area is 202 Å². The van der Waals surface area contributed by atoms with Crippen molar-refractivity contribution < 1.29 is 18.6 Å². The van der Waals surface area contributed by atoms with E-state index in [0.717, 1.165) is 49.7 Å². The molecule has 0 bridgehead atoms. The maximum atomic E-state index is 12.9. The highest BCUT2D eigenvalue weighted by Crippen LogP contribution is 2.43. The van der Waals surface area contributed by atoms with Crippen LogP contribution in [0.1, 0.15) is 31.5 Å². The van der Waals surface area contributed by atoms with Crippen LogP contribution in [0.5, 0.6) is 0 Å². The van der Waals surface area contributed by atoms with E-state index in [9.17, 15) is 13.9 Å². The minimum atomic E-state index is -2.96. The maximum absolute atomic E-state index is 12.9. The Morgan fingerprint density at radius 2 is 2.09 bits per heavy atom. The van der Waals surface area contributed by atoms with Gasteiger partial charge in [0.05, 0.1) is 12.3 Å². The lowest BCUT2D eigenvalue weighted by atomic mass is 9.87. The van der Waals surface area contributed by atoms with Gasteiger partial charge in [-0.1, -0.05) is 11.6 Å². The molecule has 4 heterocycles. The summed E-state index contributed by atoms with van der Waals surface area (Å²) in [6, 6.07) is 1.98. The average molecular weight is 517 g/mol. The molecule has 1 atom stereocenters. The molecule has 178 valence electrons. The molecule has 2 aromatic rings. The lowest BCUT2D eigenvalue weighted by Gasteiger charge is -2.25. The number of imidazole rings is 1. The van der Waals surface area contributed by atoms with Crippen molar-refractivity contribution >= 4 is 56.6 Å². The molecule has 5 rings (SSSR count). The number of hydrogen-bond donors (Lipinski definition) is 4. The molecule has 2 aromatic heterocycles. The molecular weight excluding hydrogens is 494 g/mol. The van der Waals surface area contributed by atoms with E-state index in [4.69, 9.17) is 27.2 Å². The quantitative estimate of drug-likeness (QED) is 0.199. The Kier molecular flexibility index (Phi) is 6.11. The largest absolute Gasteiger partial charge is 0.381 e. The molecule has 1 spiro atoms. The summed E-state index contributed by atoms with van der Waals surface area (Å²) in [5.74, 6) is 0.0948. The standard InChI is InChI=1S/C20H23ClF2N6O2S2/c21-14-13-12(28-5-3-19(9-28)4-6-31-10-19)7-11(33-27-20(30)1-2-20)8-29(13)18(26-14)17(25)32-16(24)15(22)23/h7-8,15,24-25,27,30H,1-6,9-10H2. The molecule has 0 amide bonds. The molecule has 8 nitrogen and oxygen atoms in total. The van der Waals surface area contributed by atoms with Crippen LogP contribution in [0.15, 0.2) is 17.2 Å². The van der Waals surface area contributed by atoms with E-state index in [0.29, 0.717) is 30.1 Å². The predicted molar refractivity (Wildman–Crippen MR) is 126 cm³/mol. The zero-order valence-corrected chi connectivity index (χ0v) is 19.9. The van der Waals surface area contributed by atoms with E-state index in [1.165, 1.54) is 11.9 Å². The van der Waals surface area contributed by atoms with Crippen LogP contribution in [0, 0.1) is 16.2 Å². The Bertz CT molecular complexity index is 1120. The number of rotatable bonds is 6. The Morgan fingerprint density at radius 3 is 2.76 bits per heavy atom. The van der Waals surface area contributed by atoms with Gasteiger partial charge in [-0.3, -0.25) is 15.2 Å². The molecule has 3 aliphatic rings. The van der Waals surface area contributed by atoms with Crippen molar-refractivity contribution in [2.24, 2.45) is 5.41 Å². The summed E-state index contributed by atoms with van der Waals surface area (Å²) in [5.41, 5.74) is 0.638. The first-order valence-electron chi connectivity index (χ1n) is 10.5. The van der Waals surface area contributed by atoms with Crippen molar-refractivity contribution in [3.05, 3.63) is 23.2 Å². The zero-order chi connectivity index (χ0) is 23.4. The fourth-order valence-electron chi connectivity index (χ4n) is 4.27. The third-order valence-electron chi connectivity index (χ3n) is 6.31. The zero-order valence-electron chi connectivity index (χ0n) is 17.5. The van der Waals surface area contributed by atoms with Crippen LogP contribution in [0.2, 0.25) is 5.15 Å². The summed E-state index contributed by atoms with van der Waals surface area (Å²) in [6.45, 7) is 3.08. The highest BCUT2D eigenvalue weighted by Gasteiger charge is 2.43. The number of thioether (sulfide) groups is 1. The van der Waals surface area contributed by atoms with E-state index in [-0.39, 0.29) is 21.4 Å². The number of fused-ring (bicyclic) bond motifs is 1. The maximum Gasteiger partial charge on any atom is 0.285 e. The minimum Gasteiger partial charge on any atom is -0.381 e. The van der Waals surface area contributed by atoms with E-state index in [1.807, 2.05) is 6.07 Å². The van der Waals surface area contributed by atoms with E-state index in [2.05, 4.69) is 14.6 Å². The SMILES string of the molecule is N=C(SC(=N)C(F)F)c1nc(Cl)c2c(N3CCC4(CCOC4)C3)cc(SNC3(O)CC3)cn12. The molecule has 1 unspecified atom stereocenters. The first-order chi connectivity index (χ1) is 15.7. The van der Waals surface area contributed by atoms with Crippen LogP contribution in [-0.2, 0) is 4.74 Å². The second-order valence-electron chi connectivity index (χ2n) is 8.81. The van der Waals surface area contributed by atoms with Crippen molar-refractivity contribution in [1.82, 2.24) is 14.1 Å². The predicted octanol–water partition coefficient (Wildman–Crippen LogP) is 3.98. The van der Waals surface area contributed by atoms with Gasteiger partial charge in [0.25, 0.3) is 6.43 Å². The molecule has 4 N–H and O–H groups in total. The summed E-state index contributed by atoms with van der Waals surface area (Å²) in [4.78, 5) is 7.29. The van der Waals surface area contributed by atoms with Gasteiger partial charge in [-0.15, -0.1) is 0 Å². The number of hydrogen-bond acceptors (Lipinski definition) is 9. The number of ether oxygens (including phenoxy) is 1. The van der Waals surface area contributed by atoms with Crippen molar-refractivity contribution in [2.45, 2.75) is 42.7 Å². The number of nitrogens with zero attached hydrogens (tertiary/aromatic N) is 3. The van der Waals surface area contributed by atoms with Gasteiger partial charge in [0.15, 0.2) is 11.0 Å². The smallest absolute Gasteiger partial charge is 0.285 e. The summed E-state index contributed by atoms with van der Waals surface area (Å²) in [7, 11) is 0. The highest BCUT2D eigenvalue weighted by atomic mass is 35.5. The Hall–Kier alpha value is -1.44. The average Bonchev–Trinajstić information content (AvgIpc) is 3.14. The van der Waals surface area contributed by atoms with Gasteiger partial charge >= 0.3 is 0 Å². The van der Waals surface area contributed by atoms with Crippen LogP contribution < -0.4 is 9.62 Å². The molecular formula is C20H23ClF2N6O2S2. The third kappa shape index (κ3) is 4.61. The van der Waals surface area contributed by atoms with Gasteiger partial charge in [-0.25, -0.2) is 18.5 Å². The van der Waals surface area contributed by atoms with Crippen LogP contribution in [-0.4, -0.2) is 63.0 Å². The van der Waals surface area contributed by atoms with Crippen LogP contribution in [0.3, 0.4) is 0 Å². The van der Waals surface area contributed by atoms with E-state index in [1.54, 1.807) is 10.6 Å². The Morgan fingerprint density at radius 1 is 1.30 bits per heavy atom. The van der Waals surface area contributed by atoms with Crippen LogP contribution in [0.25, 0.3) is 5.52 Å². The van der Waals surface area contributed by atoms with Crippen LogP contribution in [0.4, 0.5) is 14.5 Å². The number of nitrogens with one attached hydrogen (secondary N) is 3. The summed E-state index contributed by atoms with van der Waals surface area (Å²) < 4.78 is 36.1. The molecule has 2 saturated heterocycles. The summed E-state index contributed by atoms with van der Waals surface area (Å²) in [6.07, 6.45) is 2.09. The topological polar surface area (TPSA) is 110 Å². The van der Waals surface area contributed by atoms with Gasteiger partial charge in [-0.05, 0) is 55.5 Å². The molecule has 3 fully saturated rings. The van der Waals surface area contributed by atoms with E-state index >= 15 is 0 Å². The summed E-state index contributed by atoms with van der Waals surface area (Å²) in [5, 5.41) is 24.9. The fraction of sp³-hybridized carbons (Fsp3) is 0.550. The number of alkyl halides is 2. The van der Waals surface area contributed by atoms with Crippen LogP contribution >= 0.6 is 35.3 Å². The fourth-order valence-corrected chi connectivity index (χ4v) is 5.92. The monoisotopic (exact) mass is 516 g/mol. The molecule has 1 aliphatic carbocycles. The third-order valence-corrected chi connectivity index (χ3v) is 8.30. The van der Waals surface area contributed by atoms with Gasteiger partial charge in [-0.2, -0.15) is 0 Å². The van der Waals surface area contributed by atoms with Crippen molar-refractivity contribution in [3.63, 3.8) is 0 Å². The van der Waals surface area contributed by atoms with Crippen molar-refractivity contribution in [2.75, 3.05) is 31.2 Å². The Balaban J connectivity index is 1.53. The number of anilines is 1. The number of aromatic nitrogens is 2. The molecule has 13 heteroatoms. The first-order valence-corrected chi connectivity index (χ1v) is 12.5. The molecule has 33 heavy (non-hydrogen) atoms. The van der Waals surface area contributed by atoms with Gasteiger partial charge in [0, 0.05) is 36.2 Å². The second kappa shape index (κ2) is 8.65. The lowest BCUT2D eigenvalue weighted by molar-refractivity contribution is 0.142. The van der Waals surface area contributed by atoms with Crippen molar-refractivity contribution in [1.29, 1.82) is 10.8 Å². The van der Waals surface area contributed by atoms with E-state index < -0.39 is 17.2 Å². The number of pyridine rings is 1. The van der Waals surface area contributed by atoms with Gasteiger partial charge in [0.2, 0.25) is 0 Å². The molecule has 0 aromatic carbocycles. The minimum absolute atomic E-state index is 0.0948. The number of aliphatic hydroxyl groups is 1.